The summed E-state index contributed by atoms with van der Waals surface area (Å²) in [4.78, 5) is 17.0. The number of hydrogen-bond acceptors (Lipinski definition) is 4. The van der Waals surface area contributed by atoms with Crippen molar-refractivity contribution in [2.24, 2.45) is 5.92 Å². The van der Waals surface area contributed by atoms with Crippen LogP contribution >= 0.6 is 0 Å². The first-order chi connectivity index (χ1) is 13.0. The van der Waals surface area contributed by atoms with Gasteiger partial charge >= 0.3 is 0 Å². The lowest BCUT2D eigenvalue weighted by Crippen LogP contribution is -2.46. The molecule has 0 atom stereocenters. The van der Waals surface area contributed by atoms with E-state index in [4.69, 9.17) is 0 Å². The third-order valence-corrected chi connectivity index (χ3v) is 6.27. The first-order valence-corrected chi connectivity index (χ1v) is 10.5. The van der Waals surface area contributed by atoms with E-state index in [9.17, 15) is 15.0 Å². The van der Waals surface area contributed by atoms with Crippen LogP contribution in [0, 0.1) is 5.92 Å². The SMILES string of the molecule is CCCC1(O)CCN(C(=O)c2ccc(CN3CCC(CO)CC3)cc2)CC1. The number of aliphatic hydroxyl groups excluding tert-OH is 1. The molecule has 2 N–H and O–H groups in total. The molecule has 2 aliphatic heterocycles. The van der Waals surface area contributed by atoms with Crippen LogP contribution in [0.25, 0.3) is 0 Å². The number of amides is 1. The Labute approximate surface area is 163 Å². The maximum absolute atomic E-state index is 12.7. The number of likely N-dealkylation sites (tertiary alicyclic amines) is 2. The highest BCUT2D eigenvalue weighted by molar-refractivity contribution is 5.94. The van der Waals surface area contributed by atoms with Crippen molar-refractivity contribution < 1.29 is 15.0 Å². The zero-order valence-corrected chi connectivity index (χ0v) is 16.6. The second-order valence-electron chi connectivity index (χ2n) is 8.37. The van der Waals surface area contributed by atoms with Crippen molar-refractivity contribution in [3.8, 4) is 0 Å². The number of hydrogen-bond donors (Lipinski definition) is 2. The summed E-state index contributed by atoms with van der Waals surface area (Å²) in [5.74, 6) is 0.532. The van der Waals surface area contributed by atoms with Gasteiger partial charge in [-0.3, -0.25) is 9.69 Å². The van der Waals surface area contributed by atoms with Crippen molar-refractivity contribution in [2.75, 3.05) is 32.8 Å². The molecule has 2 fully saturated rings. The van der Waals surface area contributed by atoms with Gasteiger partial charge in [-0.15, -0.1) is 0 Å². The molecule has 1 amide bonds. The fraction of sp³-hybridized carbons (Fsp3) is 0.682. The minimum atomic E-state index is -0.584. The fourth-order valence-electron chi connectivity index (χ4n) is 4.36. The molecular formula is C22H34N2O3. The van der Waals surface area contributed by atoms with Crippen molar-refractivity contribution in [3.63, 3.8) is 0 Å². The Kier molecular flexibility index (Phi) is 6.90. The maximum atomic E-state index is 12.7. The molecular weight excluding hydrogens is 340 g/mol. The number of nitrogens with zero attached hydrogens (tertiary/aromatic N) is 2. The van der Waals surface area contributed by atoms with Crippen LogP contribution in [0.5, 0.6) is 0 Å². The molecule has 1 aromatic carbocycles. The van der Waals surface area contributed by atoms with E-state index in [2.05, 4.69) is 24.0 Å². The predicted molar refractivity (Wildman–Crippen MR) is 107 cm³/mol. The van der Waals surface area contributed by atoms with Gasteiger partial charge in [-0.05, 0) is 68.8 Å². The highest BCUT2D eigenvalue weighted by Crippen LogP contribution is 2.27. The molecule has 0 saturated carbocycles. The largest absolute Gasteiger partial charge is 0.396 e. The molecule has 1 aromatic rings. The predicted octanol–water partition coefficient (Wildman–Crippen LogP) is 2.66. The van der Waals surface area contributed by atoms with E-state index in [-0.39, 0.29) is 5.91 Å². The Balaban J connectivity index is 1.51. The van der Waals surface area contributed by atoms with Gasteiger partial charge in [-0.25, -0.2) is 0 Å². The van der Waals surface area contributed by atoms with Crippen LogP contribution in [0.4, 0.5) is 0 Å². The summed E-state index contributed by atoms with van der Waals surface area (Å²) in [5.41, 5.74) is 1.38. The lowest BCUT2D eigenvalue weighted by atomic mass is 9.87. The molecule has 0 bridgehead atoms. The molecule has 5 nitrogen and oxygen atoms in total. The summed E-state index contributed by atoms with van der Waals surface area (Å²) in [7, 11) is 0. The van der Waals surface area contributed by atoms with E-state index in [1.807, 2.05) is 17.0 Å². The molecule has 2 aliphatic rings. The number of aliphatic hydroxyl groups is 2. The minimum absolute atomic E-state index is 0.0730. The molecule has 5 heteroatoms. The molecule has 0 aromatic heterocycles. The van der Waals surface area contributed by atoms with Gasteiger partial charge in [-0.2, -0.15) is 0 Å². The topological polar surface area (TPSA) is 64.0 Å². The summed E-state index contributed by atoms with van der Waals surface area (Å²) in [6.45, 7) is 6.62. The van der Waals surface area contributed by atoms with Gasteiger partial charge in [0.1, 0.15) is 0 Å². The zero-order valence-electron chi connectivity index (χ0n) is 16.6. The van der Waals surface area contributed by atoms with Gasteiger partial charge in [0, 0.05) is 31.8 Å². The van der Waals surface area contributed by atoms with Crippen LogP contribution in [0.15, 0.2) is 24.3 Å². The zero-order chi connectivity index (χ0) is 19.3. The lowest BCUT2D eigenvalue weighted by molar-refractivity contribution is -0.0233. The lowest BCUT2D eigenvalue weighted by Gasteiger charge is -2.38. The molecule has 3 rings (SSSR count). The monoisotopic (exact) mass is 374 g/mol. The number of piperidine rings is 2. The second kappa shape index (κ2) is 9.18. The molecule has 2 heterocycles. The van der Waals surface area contributed by atoms with Crippen molar-refractivity contribution >= 4 is 5.91 Å². The number of carbonyl (C=O) groups is 1. The van der Waals surface area contributed by atoms with Gasteiger partial charge in [0.2, 0.25) is 0 Å². The number of carbonyl (C=O) groups excluding carboxylic acids is 1. The van der Waals surface area contributed by atoms with Crippen molar-refractivity contribution in [2.45, 2.75) is 57.6 Å². The molecule has 2 saturated heterocycles. The smallest absolute Gasteiger partial charge is 0.253 e. The van der Waals surface area contributed by atoms with Crippen molar-refractivity contribution in [3.05, 3.63) is 35.4 Å². The molecule has 150 valence electrons. The van der Waals surface area contributed by atoms with Gasteiger partial charge in [0.15, 0.2) is 0 Å². The normalized spacial score (nSPS) is 21.4. The third kappa shape index (κ3) is 5.31. The Hall–Kier alpha value is -1.43. The summed E-state index contributed by atoms with van der Waals surface area (Å²) in [5, 5.41) is 19.8. The average molecular weight is 375 g/mol. The van der Waals surface area contributed by atoms with Gasteiger partial charge in [0.25, 0.3) is 5.91 Å². The average Bonchev–Trinajstić information content (AvgIpc) is 2.69. The number of benzene rings is 1. The molecule has 0 aliphatic carbocycles. The molecule has 0 spiro atoms. The first-order valence-electron chi connectivity index (χ1n) is 10.5. The van der Waals surface area contributed by atoms with Crippen LogP contribution in [0.2, 0.25) is 0 Å². The van der Waals surface area contributed by atoms with Crippen LogP contribution in [0.1, 0.15) is 61.4 Å². The van der Waals surface area contributed by atoms with E-state index >= 15 is 0 Å². The van der Waals surface area contributed by atoms with Gasteiger partial charge in [0.05, 0.1) is 5.60 Å². The maximum Gasteiger partial charge on any atom is 0.253 e. The van der Waals surface area contributed by atoms with Crippen molar-refractivity contribution in [1.82, 2.24) is 9.80 Å². The molecule has 0 unspecified atom stereocenters. The summed E-state index contributed by atoms with van der Waals surface area (Å²) in [6.07, 6.45) is 5.27. The Morgan fingerprint density at radius 2 is 1.74 bits per heavy atom. The molecule has 27 heavy (non-hydrogen) atoms. The van der Waals surface area contributed by atoms with Crippen LogP contribution < -0.4 is 0 Å². The van der Waals surface area contributed by atoms with Gasteiger partial charge < -0.3 is 15.1 Å². The Bertz CT molecular complexity index is 600. The number of rotatable bonds is 6. The summed E-state index contributed by atoms with van der Waals surface area (Å²) >= 11 is 0. The van der Waals surface area contributed by atoms with E-state index in [0.717, 1.165) is 50.9 Å². The van der Waals surface area contributed by atoms with Crippen LogP contribution in [-0.4, -0.2) is 64.3 Å². The minimum Gasteiger partial charge on any atom is -0.396 e. The van der Waals surface area contributed by atoms with Crippen molar-refractivity contribution in [1.29, 1.82) is 0 Å². The van der Waals surface area contributed by atoms with E-state index in [1.54, 1.807) is 0 Å². The Morgan fingerprint density at radius 3 is 2.30 bits per heavy atom. The summed E-state index contributed by atoms with van der Waals surface area (Å²) in [6, 6.07) is 7.99. The standard InChI is InChI=1S/C22H34N2O3/c1-2-9-22(27)10-14-24(15-11-22)21(26)20-5-3-18(4-6-20)16-23-12-7-19(17-25)8-13-23/h3-6,19,25,27H,2,7-17H2,1H3. The second-order valence-corrected chi connectivity index (χ2v) is 8.37. The molecule has 0 radical (unpaired) electrons. The Morgan fingerprint density at radius 1 is 1.11 bits per heavy atom. The third-order valence-electron chi connectivity index (χ3n) is 6.27. The first kappa shape index (κ1) is 20.3. The van der Waals surface area contributed by atoms with Crippen LogP contribution in [-0.2, 0) is 6.54 Å². The van der Waals surface area contributed by atoms with E-state index in [0.29, 0.717) is 38.5 Å². The highest BCUT2D eigenvalue weighted by atomic mass is 16.3. The fourth-order valence-corrected chi connectivity index (χ4v) is 4.36. The highest BCUT2D eigenvalue weighted by Gasteiger charge is 2.33. The summed E-state index contributed by atoms with van der Waals surface area (Å²) < 4.78 is 0. The van der Waals surface area contributed by atoms with Crippen LogP contribution in [0.3, 0.4) is 0 Å². The quantitative estimate of drug-likeness (QED) is 0.804. The van der Waals surface area contributed by atoms with E-state index < -0.39 is 5.60 Å². The van der Waals surface area contributed by atoms with E-state index in [1.165, 1.54) is 5.56 Å². The van der Waals surface area contributed by atoms with Gasteiger partial charge in [-0.1, -0.05) is 25.5 Å².